The van der Waals surface area contributed by atoms with Crippen LogP contribution in [0.1, 0.15) is 24.8 Å². The lowest BCUT2D eigenvalue weighted by atomic mass is 9.95. The highest BCUT2D eigenvalue weighted by Crippen LogP contribution is 2.21. The second-order valence-electron chi connectivity index (χ2n) is 5.02. The van der Waals surface area contributed by atoms with E-state index in [2.05, 4.69) is 10.3 Å². The Hall–Kier alpha value is -2.21. The van der Waals surface area contributed by atoms with Crippen molar-refractivity contribution in [1.29, 1.82) is 0 Å². The van der Waals surface area contributed by atoms with Gasteiger partial charge in [0.2, 0.25) is 5.91 Å². The lowest BCUT2D eigenvalue weighted by molar-refractivity contribution is -0.117. The zero-order chi connectivity index (χ0) is 16.2. The lowest BCUT2D eigenvalue weighted by Crippen LogP contribution is -2.20. The standard InChI is InChI=1S/C16H18N2O3S/c1-3-14(12-7-5-4-6-8-12)16(19)18-13-9-10-15(17-11-13)22(2,20)21/h4-11,14H,3H2,1-2H3,(H,18,19)/t14-/m0/s1. The number of carbonyl (C=O) groups is 1. The largest absolute Gasteiger partial charge is 0.324 e. The third-order valence-electron chi connectivity index (χ3n) is 3.31. The average molecular weight is 318 g/mol. The van der Waals surface area contributed by atoms with E-state index in [1.807, 2.05) is 37.3 Å². The summed E-state index contributed by atoms with van der Waals surface area (Å²) in [7, 11) is -3.34. The maximum atomic E-state index is 12.4. The number of rotatable bonds is 5. The Kier molecular flexibility index (Phi) is 4.92. The third-order valence-corrected chi connectivity index (χ3v) is 4.31. The number of amides is 1. The fourth-order valence-corrected chi connectivity index (χ4v) is 2.72. The molecule has 0 fully saturated rings. The Morgan fingerprint density at radius 3 is 2.36 bits per heavy atom. The quantitative estimate of drug-likeness (QED) is 0.919. The van der Waals surface area contributed by atoms with Crippen LogP contribution in [0.15, 0.2) is 53.7 Å². The minimum absolute atomic E-state index is 0.0133. The van der Waals surface area contributed by atoms with Gasteiger partial charge in [-0.1, -0.05) is 37.3 Å². The van der Waals surface area contributed by atoms with E-state index in [-0.39, 0.29) is 16.9 Å². The first-order valence-electron chi connectivity index (χ1n) is 6.93. The molecule has 2 rings (SSSR count). The van der Waals surface area contributed by atoms with Crippen LogP contribution >= 0.6 is 0 Å². The molecule has 0 aliphatic carbocycles. The SMILES string of the molecule is CC[C@H](C(=O)Nc1ccc(S(C)(=O)=O)nc1)c1ccccc1. The van der Waals surface area contributed by atoms with Crippen molar-refractivity contribution in [2.75, 3.05) is 11.6 Å². The van der Waals surface area contributed by atoms with Gasteiger partial charge in [0, 0.05) is 6.26 Å². The van der Waals surface area contributed by atoms with E-state index in [0.29, 0.717) is 12.1 Å². The Morgan fingerprint density at radius 2 is 1.86 bits per heavy atom. The van der Waals surface area contributed by atoms with Gasteiger partial charge in [-0.05, 0) is 24.1 Å². The van der Waals surface area contributed by atoms with Crippen LogP contribution in [0.5, 0.6) is 0 Å². The predicted octanol–water partition coefficient (Wildman–Crippen LogP) is 2.62. The van der Waals surface area contributed by atoms with Crippen molar-refractivity contribution < 1.29 is 13.2 Å². The number of hydrogen-bond acceptors (Lipinski definition) is 4. The molecule has 0 aliphatic rings. The maximum absolute atomic E-state index is 12.4. The Balaban J connectivity index is 2.14. The van der Waals surface area contributed by atoms with E-state index in [1.165, 1.54) is 12.3 Å². The lowest BCUT2D eigenvalue weighted by Gasteiger charge is -2.15. The van der Waals surface area contributed by atoms with E-state index in [4.69, 9.17) is 0 Å². The smallest absolute Gasteiger partial charge is 0.231 e. The molecule has 1 amide bonds. The first-order chi connectivity index (χ1) is 10.4. The molecule has 0 radical (unpaired) electrons. The van der Waals surface area contributed by atoms with Gasteiger partial charge < -0.3 is 5.32 Å². The summed E-state index contributed by atoms with van der Waals surface area (Å²) < 4.78 is 22.7. The molecule has 0 unspecified atom stereocenters. The minimum Gasteiger partial charge on any atom is -0.324 e. The molecule has 0 saturated heterocycles. The van der Waals surface area contributed by atoms with Crippen molar-refractivity contribution in [3.8, 4) is 0 Å². The normalized spacial score (nSPS) is 12.6. The highest BCUT2D eigenvalue weighted by atomic mass is 32.2. The Bertz CT molecular complexity index is 741. The van der Waals surface area contributed by atoms with Crippen molar-refractivity contribution in [2.24, 2.45) is 0 Å². The van der Waals surface area contributed by atoms with Crippen molar-refractivity contribution in [1.82, 2.24) is 4.98 Å². The molecule has 116 valence electrons. The molecule has 5 nitrogen and oxygen atoms in total. The molecule has 6 heteroatoms. The van der Waals surface area contributed by atoms with Crippen molar-refractivity contribution in [3.05, 3.63) is 54.2 Å². The molecular weight excluding hydrogens is 300 g/mol. The predicted molar refractivity (Wildman–Crippen MR) is 85.5 cm³/mol. The molecule has 0 spiro atoms. The van der Waals surface area contributed by atoms with Gasteiger partial charge in [0.05, 0.1) is 17.8 Å². The second-order valence-corrected chi connectivity index (χ2v) is 6.98. The number of anilines is 1. The molecule has 1 atom stereocenters. The second kappa shape index (κ2) is 6.70. The van der Waals surface area contributed by atoms with Crippen LogP contribution in [0.4, 0.5) is 5.69 Å². The summed E-state index contributed by atoms with van der Waals surface area (Å²) in [5, 5.41) is 2.76. The number of carbonyl (C=O) groups excluding carboxylic acids is 1. The summed E-state index contributed by atoms with van der Waals surface area (Å²) in [5.74, 6) is -0.390. The zero-order valence-corrected chi connectivity index (χ0v) is 13.3. The molecule has 0 aliphatic heterocycles. The van der Waals surface area contributed by atoms with Gasteiger partial charge in [-0.15, -0.1) is 0 Å². The van der Waals surface area contributed by atoms with E-state index >= 15 is 0 Å². The summed E-state index contributed by atoms with van der Waals surface area (Å²) in [4.78, 5) is 16.2. The minimum atomic E-state index is -3.34. The zero-order valence-electron chi connectivity index (χ0n) is 12.5. The van der Waals surface area contributed by atoms with Gasteiger partial charge in [-0.25, -0.2) is 13.4 Å². The highest BCUT2D eigenvalue weighted by molar-refractivity contribution is 7.90. The molecule has 22 heavy (non-hydrogen) atoms. The number of hydrogen-bond donors (Lipinski definition) is 1. The first-order valence-corrected chi connectivity index (χ1v) is 8.83. The number of benzene rings is 1. The van der Waals surface area contributed by atoms with Gasteiger partial charge in [0.25, 0.3) is 0 Å². The van der Waals surface area contributed by atoms with E-state index in [0.717, 1.165) is 11.8 Å². The highest BCUT2D eigenvalue weighted by Gasteiger charge is 2.18. The van der Waals surface area contributed by atoms with Gasteiger partial charge in [-0.3, -0.25) is 4.79 Å². The Morgan fingerprint density at radius 1 is 1.18 bits per heavy atom. The number of sulfone groups is 1. The van der Waals surface area contributed by atoms with Gasteiger partial charge >= 0.3 is 0 Å². The van der Waals surface area contributed by atoms with E-state index in [1.54, 1.807) is 6.07 Å². The number of pyridine rings is 1. The summed E-state index contributed by atoms with van der Waals surface area (Å²) >= 11 is 0. The molecule has 0 bridgehead atoms. The van der Waals surface area contributed by atoms with Crippen molar-refractivity contribution >= 4 is 21.4 Å². The third kappa shape index (κ3) is 3.92. The van der Waals surface area contributed by atoms with E-state index in [9.17, 15) is 13.2 Å². The van der Waals surface area contributed by atoms with Crippen LogP contribution in [-0.4, -0.2) is 25.6 Å². The van der Waals surface area contributed by atoms with Crippen LogP contribution < -0.4 is 5.32 Å². The average Bonchev–Trinajstić information content (AvgIpc) is 2.48. The van der Waals surface area contributed by atoms with Crippen LogP contribution in [0, 0.1) is 0 Å². The van der Waals surface area contributed by atoms with Crippen LogP contribution in [0.3, 0.4) is 0 Å². The first kappa shape index (κ1) is 16.2. The monoisotopic (exact) mass is 318 g/mol. The van der Waals surface area contributed by atoms with Crippen molar-refractivity contribution in [3.63, 3.8) is 0 Å². The molecule has 1 N–H and O–H groups in total. The van der Waals surface area contributed by atoms with Crippen LogP contribution in [0.25, 0.3) is 0 Å². The molecule has 1 heterocycles. The van der Waals surface area contributed by atoms with Crippen molar-refractivity contribution in [2.45, 2.75) is 24.3 Å². The van der Waals surface area contributed by atoms with Crippen LogP contribution in [-0.2, 0) is 14.6 Å². The van der Waals surface area contributed by atoms with E-state index < -0.39 is 9.84 Å². The van der Waals surface area contributed by atoms with Gasteiger partial charge in [0.15, 0.2) is 14.9 Å². The molecule has 1 aromatic heterocycles. The summed E-state index contributed by atoms with van der Waals surface area (Å²) in [5.41, 5.74) is 1.43. The number of aromatic nitrogens is 1. The topological polar surface area (TPSA) is 76.1 Å². The fraction of sp³-hybridized carbons (Fsp3) is 0.250. The summed E-state index contributed by atoms with van der Waals surface area (Å²) in [6.07, 6.45) is 3.12. The fourth-order valence-electron chi connectivity index (χ4n) is 2.16. The number of nitrogens with zero attached hydrogens (tertiary/aromatic N) is 1. The summed E-state index contributed by atoms with van der Waals surface area (Å²) in [6.45, 7) is 1.95. The molecule has 2 aromatic rings. The molecule has 1 aromatic carbocycles. The van der Waals surface area contributed by atoms with Gasteiger partial charge in [0.1, 0.15) is 0 Å². The summed E-state index contributed by atoms with van der Waals surface area (Å²) in [6, 6.07) is 12.5. The molecule has 0 saturated carbocycles. The van der Waals surface area contributed by atoms with Gasteiger partial charge in [-0.2, -0.15) is 0 Å². The molecular formula is C16H18N2O3S. The maximum Gasteiger partial charge on any atom is 0.231 e. The Labute approximate surface area is 130 Å². The number of nitrogens with one attached hydrogen (secondary N) is 1. The van der Waals surface area contributed by atoms with Crippen LogP contribution in [0.2, 0.25) is 0 Å².